The van der Waals surface area contributed by atoms with Crippen LogP contribution in [-0.2, 0) is 0 Å². The predicted molar refractivity (Wildman–Crippen MR) is 62.5 cm³/mol. The highest BCUT2D eigenvalue weighted by molar-refractivity contribution is 4.79. The lowest BCUT2D eigenvalue weighted by Gasteiger charge is -2.31. The molecule has 1 heterocycles. The number of nitrogens with one attached hydrogen (secondary N) is 1. The van der Waals surface area contributed by atoms with Gasteiger partial charge in [-0.2, -0.15) is 0 Å². The number of hydrogen-bond donors (Lipinski definition) is 1. The Morgan fingerprint density at radius 3 is 2.86 bits per heavy atom. The molecule has 1 unspecified atom stereocenters. The van der Waals surface area contributed by atoms with Gasteiger partial charge in [-0.1, -0.05) is 6.08 Å². The number of nitrogens with zero attached hydrogens (tertiary/aromatic N) is 1. The van der Waals surface area contributed by atoms with Gasteiger partial charge in [0.05, 0.1) is 0 Å². The van der Waals surface area contributed by atoms with Crippen LogP contribution in [0, 0.1) is 5.92 Å². The van der Waals surface area contributed by atoms with Gasteiger partial charge in [0.15, 0.2) is 0 Å². The molecule has 0 aromatic rings. The van der Waals surface area contributed by atoms with Crippen LogP contribution < -0.4 is 5.32 Å². The van der Waals surface area contributed by atoms with Crippen molar-refractivity contribution in [1.29, 1.82) is 0 Å². The Hall–Kier alpha value is -0.340. The van der Waals surface area contributed by atoms with Crippen molar-refractivity contribution in [2.75, 3.05) is 26.2 Å². The molecule has 1 atom stereocenters. The Morgan fingerprint density at radius 1 is 1.57 bits per heavy atom. The van der Waals surface area contributed by atoms with Crippen molar-refractivity contribution in [1.82, 2.24) is 10.2 Å². The Balaban J connectivity index is 2.33. The third-order valence-electron chi connectivity index (χ3n) is 2.99. The van der Waals surface area contributed by atoms with E-state index in [0.717, 1.165) is 12.5 Å². The maximum Gasteiger partial charge on any atom is 0.0163 e. The van der Waals surface area contributed by atoms with Crippen molar-refractivity contribution < 1.29 is 0 Å². The van der Waals surface area contributed by atoms with Gasteiger partial charge < -0.3 is 5.32 Å². The molecule has 0 bridgehead atoms. The second-order valence-electron chi connectivity index (χ2n) is 4.55. The first-order valence-electron chi connectivity index (χ1n) is 5.79. The summed E-state index contributed by atoms with van der Waals surface area (Å²) in [5.74, 6) is 0.839. The van der Waals surface area contributed by atoms with E-state index in [1.54, 1.807) is 0 Å². The average Bonchev–Trinajstić information content (AvgIpc) is 2.18. The largest absolute Gasteiger partial charge is 0.316 e. The molecular formula is C12H24N2. The van der Waals surface area contributed by atoms with E-state index in [0.29, 0.717) is 6.04 Å². The summed E-state index contributed by atoms with van der Waals surface area (Å²) in [4.78, 5) is 2.50. The lowest BCUT2D eigenvalue weighted by molar-refractivity contribution is 0.188. The van der Waals surface area contributed by atoms with Crippen LogP contribution in [0.1, 0.15) is 26.7 Å². The summed E-state index contributed by atoms with van der Waals surface area (Å²) < 4.78 is 0. The molecule has 1 aliphatic heterocycles. The molecule has 1 N–H and O–H groups in total. The second-order valence-corrected chi connectivity index (χ2v) is 4.55. The van der Waals surface area contributed by atoms with Gasteiger partial charge >= 0.3 is 0 Å². The van der Waals surface area contributed by atoms with Gasteiger partial charge in [0.25, 0.3) is 0 Å². The second kappa shape index (κ2) is 6.20. The molecule has 1 rings (SSSR count). The first-order chi connectivity index (χ1) is 6.74. The van der Waals surface area contributed by atoms with Crippen molar-refractivity contribution in [3.63, 3.8) is 0 Å². The molecule has 0 aliphatic carbocycles. The summed E-state index contributed by atoms with van der Waals surface area (Å²) in [6.45, 7) is 13.0. The van der Waals surface area contributed by atoms with Gasteiger partial charge in [0.1, 0.15) is 0 Å². The van der Waals surface area contributed by atoms with Crippen molar-refractivity contribution in [3.8, 4) is 0 Å². The maximum absolute atomic E-state index is 3.82. The molecule has 0 spiro atoms. The van der Waals surface area contributed by atoms with Crippen LogP contribution in [0.3, 0.4) is 0 Å². The van der Waals surface area contributed by atoms with Crippen LogP contribution >= 0.6 is 0 Å². The van der Waals surface area contributed by atoms with Crippen molar-refractivity contribution >= 4 is 0 Å². The number of rotatable bonds is 5. The minimum absolute atomic E-state index is 0.634. The van der Waals surface area contributed by atoms with Gasteiger partial charge in [-0.3, -0.25) is 4.90 Å². The van der Waals surface area contributed by atoms with Gasteiger partial charge in [-0.15, -0.1) is 6.58 Å². The van der Waals surface area contributed by atoms with E-state index < -0.39 is 0 Å². The van der Waals surface area contributed by atoms with E-state index in [4.69, 9.17) is 0 Å². The minimum Gasteiger partial charge on any atom is -0.316 e. The highest BCUT2D eigenvalue weighted by atomic mass is 15.1. The highest BCUT2D eigenvalue weighted by Crippen LogP contribution is 2.13. The lowest BCUT2D eigenvalue weighted by Crippen LogP contribution is -2.41. The van der Waals surface area contributed by atoms with E-state index in [-0.39, 0.29) is 0 Å². The van der Waals surface area contributed by atoms with Gasteiger partial charge in [-0.05, 0) is 45.7 Å². The zero-order valence-corrected chi connectivity index (χ0v) is 9.63. The summed E-state index contributed by atoms with van der Waals surface area (Å²) in [5.41, 5.74) is 0. The quantitative estimate of drug-likeness (QED) is 0.675. The van der Waals surface area contributed by atoms with Crippen LogP contribution in [0.15, 0.2) is 12.7 Å². The van der Waals surface area contributed by atoms with Crippen molar-refractivity contribution in [2.24, 2.45) is 5.92 Å². The molecule has 0 aromatic carbocycles. The topological polar surface area (TPSA) is 15.3 Å². The van der Waals surface area contributed by atoms with Crippen LogP contribution in [0.25, 0.3) is 0 Å². The fourth-order valence-electron chi connectivity index (χ4n) is 2.07. The monoisotopic (exact) mass is 196 g/mol. The zero-order valence-electron chi connectivity index (χ0n) is 9.63. The smallest absolute Gasteiger partial charge is 0.0163 e. The predicted octanol–water partition coefficient (Wildman–Crippen LogP) is 1.88. The molecule has 1 aliphatic rings. The molecule has 0 radical (unpaired) electrons. The molecule has 0 aromatic heterocycles. The summed E-state index contributed by atoms with van der Waals surface area (Å²) >= 11 is 0. The zero-order chi connectivity index (χ0) is 10.4. The molecule has 0 saturated carbocycles. The van der Waals surface area contributed by atoms with Gasteiger partial charge in [0, 0.05) is 19.1 Å². The Bertz CT molecular complexity index is 160. The molecule has 82 valence electrons. The Labute approximate surface area is 88.4 Å². The van der Waals surface area contributed by atoms with E-state index in [1.165, 1.54) is 32.5 Å². The molecule has 1 fully saturated rings. The first kappa shape index (κ1) is 11.7. The normalized spacial score (nSPS) is 23.0. The van der Waals surface area contributed by atoms with E-state index >= 15 is 0 Å². The van der Waals surface area contributed by atoms with Crippen molar-refractivity contribution in [3.05, 3.63) is 12.7 Å². The van der Waals surface area contributed by atoms with Gasteiger partial charge in [-0.25, -0.2) is 0 Å². The summed E-state index contributed by atoms with van der Waals surface area (Å²) in [6.07, 6.45) is 4.73. The number of piperidine rings is 1. The third kappa shape index (κ3) is 3.81. The SMILES string of the molecule is C=CCN(CC1CCCNC1)C(C)C. The van der Waals surface area contributed by atoms with Crippen LogP contribution in [0.4, 0.5) is 0 Å². The molecule has 1 saturated heterocycles. The molecule has 2 heteroatoms. The molecule has 2 nitrogen and oxygen atoms in total. The lowest BCUT2D eigenvalue weighted by atomic mass is 9.98. The minimum atomic E-state index is 0.634. The molecule has 0 amide bonds. The summed E-state index contributed by atoms with van der Waals surface area (Å²) in [7, 11) is 0. The third-order valence-corrected chi connectivity index (χ3v) is 2.99. The fourth-order valence-corrected chi connectivity index (χ4v) is 2.07. The highest BCUT2D eigenvalue weighted by Gasteiger charge is 2.17. The van der Waals surface area contributed by atoms with Crippen molar-refractivity contribution in [2.45, 2.75) is 32.7 Å². The standard InChI is InChI=1S/C12H24N2/c1-4-8-14(11(2)3)10-12-6-5-7-13-9-12/h4,11-13H,1,5-10H2,2-3H3. The molecular weight excluding hydrogens is 172 g/mol. The van der Waals surface area contributed by atoms with Gasteiger partial charge in [0.2, 0.25) is 0 Å². The maximum atomic E-state index is 3.82. The van der Waals surface area contributed by atoms with Crippen LogP contribution in [0.2, 0.25) is 0 Å². The Kier molecular flexibility index (Phi) is 5.20. The van der Waals surface area contributed by atoms with E-state index in [1.807, 2.05) is 6.08 Å². The van der Waals surface area contributed by atoms with E-state index in [2.05, 4.69) is 30.6 Å². The Morgan fingerprint density at radius 2 is 2.36 bits per heavy atom. The number of hydrogen-bond acceptors (Lipinski definition) is 2. The average molecular weight is 196 g/mol. The van der Waals surface area contributed by atoms with Crippen LogP contribution in [0.5, 0.6) is 0 Å². The fraction of sp³-hybridized carbons (Fsp3) is 0.833. The summed E-state index contributed by atoms with van der Waals surface area (Å²) in [6, 6.07) is 0.634. The van der Waals surface area contributed by atoms with Crippen LogP contribution in [-0.4, -0.2) is 37.1 Å². The van der Waals surface area contributed by atoms with E-state index in [9.17, 15) is 0 Å². The first-order valence-corrected chi connectivity index (χ1v) is 5.79. The molecule has 14 heavy (non-hydrogen) atoms. The summed E-state index contributed by atoms with van der Waals surface area (Å²) in [5, 5.41) is 3.47.